The van der Waals surface area contributed by atoms with Crippen LogP contribution in [0.25, 0.3) is 33.5 Å². The number of hydrogen-bond acceptors (Lipinski definition) is 6. The van der Waals surface area contributed by atoms with Gasteiger partial charge in [0.2, 0.25) is 5.88 Å². The van der Waals surface area contributed by atoms with Crippen LogP contribution in [0.5, 0.6) is 11.6 Å². The van der Waals surface area contributed by atoms with Gasteiger partial charge in [-0.15, -0.1) is 10.2 Å². The maximum absolute atomic E-state index is 13.7. The molecule has 5 aromatic rings. The molecule has 0 saturated heterocycles. The Balaban J connectivity index is 1.74. The standard InChI is InChI=1S/C23H17F2N5O3/c1-2-32-20-10-4-14-11-18(15-3-9-19-28-26-13-29(19)12-15)22(31)30(21(14)27-20)16-5-7-17(8-6-16)33-23(24)25/h3-13,23H,2H2,1H3. The van der Waals surface area contributed by atoms with Crippen molar-refractivity contribution < 1.29 is 18.3 Å². The van der Waals surface area contributed by atoms with Crippen molar-refractivity contribution >= 4 is 16.7 Å². The summed E-state index contributed by atoms with van der Waals surface area (Å²) in [4.78, 5) is 18.2. The highest BCUT2D eigenvalue weighted by Crippen LogP contribution is 2.26. The average Bonchev–Trinajstić information content (AvgIpc) is 3.27. The zero-order chi connectivity index (χ0) is 22.9. The van der Waals surface area contributed by atoms with Crippen LogP contribution in [0.1, 0.15) is 6.92 Å². The minimum Gasteiger partial charge on any atom is -0.478 e. The molecule has 10 heteroatoms. The van der Waals surface area contributed by atoms with Gasteiger partial charge in [-0.05, 0) is 55.5 Å². The first kappa shape index (κ1) is 20.6. The zero-order valence-corrected chi connectivity index (χ0v) is 17.4. The predicted octanol–water partition coefficient (Wildman–Crippen LogP) is 4.10. The maximum atomic E-state index is 13.7. The van der Waals surface area contributed by atoms with Gasteiger partial charge in [-0.3, -0.25) is 13.8 Å². The van der Waals surface area contributed by atoms with Crippen LogP contribution in [-0.4, -0.2) is 37.4 Å². The van der Waals surface area contributed by atoms with E-state index in [1.165, 1.54) is 28.8 Å². The van der Waals surface area contributed by atoms with Crippen LogP contribution >= 0.6 is 0 Å². The Morgan fingerprint density at radius 3 is 2.64 bits per heavy atom. The fourth-order valence-corrected chi connectivity index (χ4v) is 3.61. The van der Waals surface area contributed by atoms with Gasteiger partial charge >= 0.3 is 6.61 Å². The fourth-order valence-electron chi connectivity index (χ4n) is 3.61. The van der Waals surface area contributed by atoms with Crippen LogP contribution < -0.4 is 15.0 Å². The molecule has 0 saturated carbocycles. The van der Waals surface area contributed by atoms with Crippen molar-refractivity contribution in [2.24, 2.45) is 0 Å². The first-order valence-electron chi connectivity index (χ1n) is 10.1. The number of pyridine rings is 3. The molecular weight excluding hydrogens is 432 g/mol. The number of aromatic nitrogens is 5. The van der Waals surface area contributed by atoms with Gasteiger partial charge in [0.05, 0.1) is 12.3 Å². The van der Waals surface area contributed by atoms with E-state index in [-0.39, 0.29) is 11.3 Å². The number of halogens is 2. The third-order valence-corrected chi connectivity index (χ3v) is 5.04. The highest BCUT2D eigenvalue weighted by Gasteiger charge is 2.16. The number of rotatable bonds is 6. The van der Waals surface area contributed by atoms with Crippen LogP contribution in [0, 0.1) is 0 Å². The molecule has 1 aromatic carbocycles. The van der Waals surface area contributed by atoms with Crippen molar-refractivity contribution in [3.8, 4) is 28.4 Å². The van der Waals surface area contributed by atoms with Crippen molar-refractivity contribution in [3.05, 3.63) is 77.5 Å². The summed E-state index contributed by atoms with van der Waals surface area (Å²) in [5, 5.41) is 8.56. The maximum Gasteiger partial charge on any atom is 0.387 e. The number of alkyl halides is 2. The van der Waals surface area contributed by atoms with Gasteiger partial charge in [0.25, 0.3) is 5.56 Å². The van der Waals surface area contributed by atoms with Crippen LogP contribution in [0.4, 0.5) is 8.78 Å². The molecule has 0 fully saturated rings. The molecule has 166 valence electrons. The topological polar surface area (TPSA) is 83.5 Å². The lowest BCUT2D eigenvalue weighted by molar-refractivity contribution is -0.0498. The minimum atomic E-state index is -2.94. The van der Waals surface area contributed by atoms with Gasteiger partial charge in [0, 0.05) is 28.8 Å². The molecule has 0 N–H and O–H groups in total. The van der Waals surface area contributed by atoms with Crippen molar-refractivity contribution in [3.63, 3.8) is 0 Å². The van der Waals surface area contributed by atoms with Gasteiger partial charge in [-0.2, -0.15) is 13.8 Å². The van der Waals surface area contributed by atoms with Crippen molar-refractivity contribution in [2.45, 2.75) is 13.5 Å². The SMILES string of the molecule is CCOc1ccc2cc(-c3ccc4nncn4c3)c(=O)n(-c3ccc(OC(F)F)cc3)c2n1. The third kappa shape index (κ3) is 3.86. The van der Waals surface area contributed by atoms with E-state index in [1.807, 2.05) is 13.0 Å². The predicted molar refractivity (Wildman–Crippen MR) is 117 cm³/mol. The van der Waals surface area contributed by atoms with Gasteiger partial charge in [0.1, 0.15) is 12.1 Å². The zero-order valence-electron chi connectivity index (χ0n) is 17.4. The molecule has 4 heterocycles. The molecule has 0 aliphatic rings. The molecule has 0 aliphatic carbocycles. The van der Waals surface area contributed by atoms with Gasteiger partial charge in [-0.25, -0.2) is 0 Å². The quantitative estimate of drug-likeness (QED) is 0.388. The largest absolute Gasteiger partial charge is 0.478 e. The minimum absolute atomic E-state index is 0.0108. The molecule has 0 aliphatic heterocycles. The van der Waals surface area contributed by atoms with Crippen molar-refractivity contribution in [1.82, 2.24) is 24.1 Å². The molecular formula is C23H17F2N5O3. The summed E-state index contributed by atoms with van der Waals surface area (Å²) in [6.07, 6.45) is 3.32. The highest BCUT2D eigenvalue weighted by molar-refractivity contribution is 5.83. The molecule has 0 radical (unpaired) electrons. The van der Waals surface area contributed by atoms with E-state index in [0.717, 1.165) is 0 Å². The summed E-state index contributed by atoms with van der Waals surface area (Å²) in [5.74, 6) is 0.359. The van der Waals surface area contributed by atoms with E-state index in [4.69, 9.17) is 4.74 Å². The van der Waals surface area contributed by atoms with E-state index < -0.39 is 6.61 Å². The summed E-state index contributed by atoms with van der Waals surface area (Å²) in [7, 11) is 0. The van der Waals surface area contributed by atoms with Crippen molar-refractivity contribution in [1.29, 1.82) is 0 Å². The van der Waals surface area contributed by atoms with E-state index in [1.54, 1.807) is 41.2 Å². The lowest BCUT2D eigenvalue weighted by Gasteiger charge is -2.14. The summed E-state index contributed by atoms with van der Waals surface area (Å²) < 4.78 is 38.2. The molecule has 0 amide bonds. The van der Waals surface area contributed by atoms with Crippen LogP contribution in [0.2, 0.25) is 0 Å². The number of ether oxygens (including phenoxy) is 2. The highest BCUT2D eigenvalue weighted by atomic mass is 19.3. The lowest BCUT2D eigenvalue weighted by atomic mass is 10.1. The summed E-state index contributed by atoms with van der Waals surface area (Å²) >= 11 is 0. The van der Waals surface area contributed by atoms with Crippen LogP contribution in [-0.2, 0) is 0 Å². The number of nitrogens with zero attached hydrogens (tertiary/aromatic N) is 5. The average molecular weight is 449 g/mol. The summed E-state index contributed by atoms with van der Waals surface area (Å²) in [5.41, 5.74) is 2.23. The second kappa shape index (κ2) is 8.30. The molecule has 5 rings (SSSR count). The molecule has 0 unspecified atom stereocenters. The molecule has 8 nitrogen and oxygen atoms in total. The Bertz CT molecular complexity index is 1510. The second-order valence-corrected chi connectivity index (χ2v) is 7.08. The van der Waals surface area contributed by atoms with Crippen LogP contribution in [0.3, 0.4) is 0 Å². The molecule has 4 aromatic heterocycles. The Morgan fingerprint density at radius 2 is 1.88 bits per heavy atom. The van der Waals surface area contributed by atoms with E-state index in [2.05, 4.69) is 19.9 Å². The van der Waals surface area contributed by atoms with Crippen molar-refractivity contribution in [2.75, 3.05) is 6.61 Å². The Labute approximate surface area is 185 Å². The summed E-state index contributed by atoms with van der Waals surface area (Å²) in [6, 6.07) is 14.7. The number of hydrogen-bond donors (Lipinski definition) is 0. The second-order valence-electron chi connectivity index (χ2n) is 7.08. The first-order chi connectivity index (χ1) is 16.0. The van der Waals surface area contributed by atoms with Gasteiger partial charge < -0.3 is 9.47 Å². The molecule has 0 spiro atoms. The Morgan fingerprint density at radius 1 is 1.06 bits per heavy atom. The number of benzene rings is 1. The first-order valence-corrected chi connectivity index (χ1v) is 10.1. The number of fused-ring (bicyclic) bond motifs is 2. The van der Waals surface area contributed by atoms with E-state index >= 15 is 0 Å². The monoisotopic (exact) mass is 449 g/mol. The van der Waals surface area contributed by atoms with E-state index in [0.29, 0.717) is 46.0 Å². The van der Waals surface area contributed by atoms with Gasteiger partial charge in [-0.1, -0.05) is 0 Å². The Hall–Kier alpha value is -4.34. The Kier molecular flexibility index (Phi) is 5.17. The fraction of sp³-hybridized carbons (Fsp3) is 0.130. The van der Waals surface area contributed by atoms with Crippen LogP contribution in [0.15, 0.2) is 71.9 Å². The van der Waals surface area contributed by atoms with Gasteiger partial charge in [0.15, 0.2) is 11.3 Å². The van der Waals surface area contributed by atoms with E-state index in [9.17, 15) is 13.6 Å². The molecule has 0 atom stereocenters. The summed E-state index contributed by atoms with van der Waals surface area (Å²) in [6.45, 7) is -0.685. The lowest BCUT2D eigenvalue weighted by Crippen LogP contribution is -2.21. The molecule has 33 heavy (non-hydrogen) atoms. The molecule has 0 bridgehead atoms. The smallest absolute Gasteiger partial charge is 0.387 e. The third-order valence-electron chi connectivity index (χ3n) is 5.04. The normalized spacial score (nSPS) is 11.4.